The van der Waals surface area contributed by atoms with Crippen molar-refractivity contribution in [1.29, 1.82) is 0 Å². The van der Waals surface area contributed by atoms with Crippen molar-refractivity contribution in [2.24, 2.45) is 5.92 Å². The molecule has 0 bridgehead atoms. The van der Waals surface area contributed by atoms with E-state index in [1.165, 1.54) is 0 Å². The van der Waals surface area contributed by atoms with Crippen LogP contribution in [0.2, 0.25) is 10.0 Å². The molecule has 1 saturated heterocycles. The maximum absolute atomic E-state index is 12.2. The highest BCUT2D eigenvalue weighted by Crippen LogP contribution is 2.43. The lowest BCUT2D eigenvalue weighted by molar-refractivity contribution is -0.129. The van der Waals surface area contributed by atoms with Crippen molar-refractivity contribution in [3.05, 3.63) is 64.1 Å². The zero-order valence-corrected chi connectivity index (χ0v) is 12.4. The van der Waals surface area contributed by atoms with Crippen molar-refractivity contribution in [1.82, 2.24) is 0 Å². The van der Waals surface area contributed by atoms with Gasteiger partial charge in [-0.1, -0.05) is 42.3 Å². The molecule has 1 heterocycles. The molecule has 0 spiro atoms. The predicted molar refractivity (Wildman–Crippen MR) is 82.3 cm³/mol. The summed E-state index contributed by atoms with van der Waals surface area (Å²) in [5.41, 5.74) is 1.97. The number of β-lactam (4-membered cyclic amide) rings is 1. The Kier molecular flexibility index (Phi) is 3.45. The van der Waals surface area contributed by atoms with Crippen molar-refractivity contribution >= 4 is 34.8 Å². The molecule has 1 amide bonds. The smallest absolute Gasteiger partial charge is 0.232 e. The highest BCUT2D eigenvalue weighted by molar-refractivity contribution is 6.31. The average Bonchev–Trinajstić information content (AvgIpc) is 2.46. The van der Waals surface area contributed by atoms with Crippen molar-refractivity contribution in [2.75, 3.05) is 4.90 Å². The summed E-state index contributed by atoms with van der Waals surface area (Å²) in [5.74, 6) is 0.110. The first kappa shape index (κ1) is 13.5. The lowest BCUT2D eigenvalue weighted by Crippen LogP contribution is -2.54. The molecule has 0 aliphatic carbocycles. The summed E-state index contributed by atoms with van der Waals surface area (Å²) in [6, 6.07) is 15.0. The van der Waals surface area contributed by atoms with Crippen molar-refractivity contribution in [2.45, 2.75) is 13.0 Å². The number of amides is 1. The molecular formula is C16H13Cl2NO. The van der Waals surface area contributed by atoms with E-state index >= 15 is 0 Å². The third kappa shape index (κ3) is 2.19. The van der Waals surface area contributed by atoms with Crippen LogP contribution < -0.4 is 4.90 Å². The van der Waals surface area contributed by atoms with E-state index in [-0.39, 0.29) is 17.9 Å². The Hall–Kier alpha value is -1.51. The molecule has 0 saturated carbocycles. The van der Waals surface area contributed by atoms with Crippen molar-refractivity contribution in [3.8, 4) is 0 Å². The molecule has 0 N–H and O–H groups in total. The summed E-state index contributed by atoms with van der Waals surface area (Å²) in [6.45, 7) is 1.95. The number of hydrogen-bond donors (Lipinski definition) is 0. The van der Waals surface area contributed by atoms with Crippen LogP contribution in [0.1, 0.15) is 18.5 Å². The van der Waals surface area contributed by atoms with Gasteiger partial charge in [0.2, 0.25) is 5.91 Å². The largest absolute Gasteiger partial charge is 0.304 e. The third-order valence-electron chi connectivity index (χ3n) is 3.70. The lowest BCUT2D eigenvalue weighted by Gasteiger charge is -2.46. The van der Waals surface area contributed by atoms with Gasteiger partial charge in [0.05, 0.1) is 12.0 Å². The summed E-state index contributed by atoms with van der Waals surface area (Å²) in [4.78, 5) is 14.0. The minimum atomic E-state index is -0.0214. The summed E-state index contributed by atoms with van der Waals surface area (Å²) >= 11 is 11.8. The molecule has 1 fully saturated rings. The van der Waals surface area contributed by atoms with Crippen LogP contribution in [0.5, 0.6) is 0 Å². The molecule has 20 heavy (non-hydrogen) atoms. The van der Waals surface area contributed by atoms with E-state index in [4.69, 9.17) is 23.2 Å². The maximum atomic E-state index is 12.2. The van der Waals surface area contributed by atoms with E-state index in [1.54, 1.807) is 12.1 Å². The van der Waals surface area contributed by atoms with E-state index in [2.05, 4.69) is 0 Å². The number of rotatable bonds is 2. The topological polar surface area (TPSA) is 20.3 Å². The number of nitrogens with zero attached hydrogens (tertiary/aromatic N) is 1. The molecule has 0 aromatic heterocycles. The van der Waals surface area contributed by atoms with Crippen LogP contribution in [-0.2, 0) is 4.79 Å². The number of carbonyl (C=O) groups excluding carboxylic acids is 1. The second kappa shape index (κ2) is 5.12. The highest BCUT2D eigenvalue weighted by Gasteiger charge is 2.45. The second-order valence-corrected chi connectivity index (χ2v) is 5.84. The van der Waals surface area contributed by atoms with Gasteiger partial charge in [-0.05, 0) is 42.0 Å². The Morgan fingerprint density at radius 3 is 1.95 bits per heavy atom. The Bertz CT molecular complexity index is 637. The second-order valence-electron chi connectivity index (χ2n) is 4.97. The van der Waals surface area contributed by atoms with Crippen molar-refractivity contribution < 1.29 is 4.79 Å². The first-order chi connectivity index (χ1) is 9.58. The molecule has 2 aromatic carbocycles. The van der Waals surface area contributed by atoms with Gasteiger partial charge in [0.25, 0.3) is 0 Å². The van der Waals surface area contributed by atoms with E-state index in [1.807, 2.05) is 48.2 Å². The molecule has 2 nitrogen and oxygen atoms in total. The van der Waals surface area contributed by atoms with E-state index in [0.29, 0.717) is 10.0 Å². The molecule has 102 valence electrons. The molecule has 2 atom stereocenters. The molecule has 4 heteroatoms. The van der Waals surface area contributed by atoms with Crippen LogP contribution in [-0.4, -0.2) is 5.91 Å². The van der Waals surface area contributed by atoms with E-state index < -0.39 is 0 Å². The van der Waals surface area contributed by atoms with Gasteiger partial charge in [-0.2, -0.15) is 0 Å². The molecule has 1 aliphatic heterocycles. The van der Waals surface area contributed by atoms with Crippen LogP contribution in [0, 0.1) is 5.92 Å². The molecule has 0 radical (unpaired) electrons. The van der Waals surface area contributed by atoms with Gasteiger partial charge >= 0.3 is 0 Å². The first-order valence-electron chi connectivity index (χ1n) is 6.42. The Balaban J connectivity index is 1.95. The van der Waals surface area contributed by atoms with Gasteiger partial charge in [-0.15, -0.1) is 0 Å². The zero-order chi connectivity index (χ0) is 14.3. The first-order valence-corrected chi connectivity index (χ1v) is 7.17. The number of anilines is 1. The number of carbonyl (C=O) groups is 1. The Morgan fingerprint density at radius 1 is 0.900 bits per heavy atom. The summed E-state index contributed by atoms with van der Waals surface area (Å²) in [5, 5.41) is 1.36. The quantitative estimate of drug-likeness (QED) is 0.735. The Morgan fingerprint density at radius 2 is 1.40 bits per heavy atom. The SMILES string of the molecule is C[C@@H]1C(=O)N(c2ccc(Cl)cc2)[C@@H]1c1ccc(Cl)cc1. The van der Waals surface area contributed by atoms with Gasteiger partial charge in [0.15, 0.2) is 0 Å². The van der Waals surface area contributed by atoms with Gasteiger partial charge in [-0.3, -0.25) is 4.79 Å². The fourth-order valence-corrected chi connectivity index (χ4v) is 2.87. The van der Waals surface area contributed by atoms with Gasteiger partial charge in [0, 0.05) is 15.7 Å². The normalized spacial score (nSPS) is 21.8. The average molecular weight is 306 g/mol. The number of benzene rings is 2. The third-order valence-corrected chi connectivity index (χ3v) is 4.20. The standard InChI is InChI=1S/C16H13Cl2NO/c1-10-15(11-2-4-12(17)5-3-11)19(16(10)20)14-8-6-13(18)7-9-14/h2-10,15H,1H3/t10-,15-/m0/s1. The number of halogens is 2. The van der Waals surface area contributed by atoms with E-state index in [9.17, 15) is 4.79 Å². The van der Waals surface area contributed by atoms with Crippen LogP contribution in [0.3, 0.4) is 0 Å². The maximum Gasteiger partial charge on any atom is 0.232 e. The zero-order valence-electron chi connectivity index (χ0n) is 10.9. The van der Waals surface area contributed by atoms with Crippen LogP contribution in [0.4, 0.5) is 5.69 Å². The molecule has 0 unspecified atom stereocenters. The fraction of sp³-hybridized carbons (Fsp3) is 0.188. The summed E-state index contributed by atoms with van der Waals surface area (Å²) < 4.78 is 0. The molecule has 1 aliphatic rings. The highest BCUT2D eigenvalue weighted by atomic mass is 35.5. The molecular weight excluding hydrogens is 293 g/mol. The number of hydrogen-bond acceptors (Lipinski definition) is 1. The van der Waals surface area contributed by atoms with Gasteiger partial charge < -0.3 is 4.90 Å². The molecule has 3 rings (SSSR count). The van der Waals surface area contributed by atoms with Crippen LogP contribution >= 0.6 is 23.2 Å². The summed E-state index contributed by atoms with van der Waals surface area (Å²) in [6.07, 6.45) is 0. The predicted octanol–water partition coefficient (Wildman–Crippen LogP) is 4.72. The van der Waals surface area contributed by atoms with Crippen molar-refractivity contribution in [3.63, 3.8) is 0 Å². The monoisotopic (exact) mass is 305 g/mol. The molecule has 2 aromatic rings. The minimum absolute atomic E-state index is 0.0214. The van der Waals surface area contributed by atoms with E-state index in [0.717, 1.165) is 11.3 Å². The minimum Gasteiger partial charge on any atom is -0.304 e. The fourth-order valence-electron chi connectivity index (χ4n) is 2.62. The lowest BCUT2D eigenvalue weighted by atomic mass is 9.83. The summed E-state index contributed by atoms with van der Waals surface area (Å²) in [7, 11) is 0. The van der Waals surface area contributed by atoms with Gasteiger partial charge in [0.1, 0.15) is 0 Å². The van der Waals surface area contributed by atoms with Crippen LogP contribution in [0.15, 0.2) is 48.5 Å². The Labute approximate surface area is 127 Å². The van der Waals surface area contributed by atoms with Crippen LogP contribution in [0.25, 0.3) is 0 Å². The van der Waals surface area contributed by atoms with Gasteiger partial charge in [-0.25, -0.2) is 0 Å².